The number of hydrogen-bond acceptors (Lipinski definition) is 0. The van der Waals surface area contributed by atoms with Crippen molar-refractivity contribution in [3.05, 3.63) is 261 Å². The van der Waals surface area contributed by atoms with Crippen LogP contribution in [0.1, 0.15) is 80.6 Å². The molecule has 8 aromatic rings. The lowest BCUT2D eigenvalue weighted by Gasteiger charge is -2.37. The van der Waals surface area contributed by atoms with Crippen molar-refractivity contribution < 1.29 is 0 Å². The van der Waals surface area contributed by atoms with E-state index in [-0.39, 0.29) is 5.41 Å². The Bertz CT molecular complexity index is 3030. The molecular formula is C61H50Si2. The highest BCUT2D eigenvalue weighted by Crippen LogP contribution is 2.67. The highest BCUT2D eigenvalue weighted by Gasteiger charge is 2.59. The van der Waals surface area contributed by atoms with Crippen molar-refractivity contribution >= 4 is 48.1 Å². The fourth-order valence-corrected chi connectivity index (χ4v) is 20.8. The Hall–Kier alpha value is -6.33. The largest absolute Gasteiger partial charge is 0.114 e. The molecular weight excluding hydrogens is 789 g/mol. The van der Waals surface area contributed by atoms with E-state index >= 15 is 0 Å². The molecule has 63 heavy (non-hydrogen) atoms. The second-order valence-corrected chi connectivity index (χ2v) is 28.9. The van der Waals surface area contributed by atoms with Crippen molar-refractivity contribution in [3.63, 3.8) is 0 Å². The minimum absolute atomic E-state index is 0.208. The summed E-state index contributed by atoms with van der Waals surface area (Å²) >= 11 is 0. The molecule has 3 aliphatic carbocycles. The van der Waals surface area contributed by atoms with E-state index in [1.165, 1.54) is 89.0 Å². The minimum atomic E-state index is -2.15. The van der Waals surface area contributed by atoms with Crippen LogP contribution in [0.2, 0.25) is 26.2 Å². The van der Waals surface area contributed by atoms with Crippen LogP contribution in [-0.4, -0.2) is 16.1 Å². The van der Waals surface area contributed by atoms with Crippen LogP contribution >= 0.6 is 0 Å². The van der Waals surface area contributed by atoms with Crippen molar-refractivity contribution in [3.8, 4) is 11.1 Å². The summed E-state index contributed by atoms with van der Waals surface area (Å²) in [5, 5.41) is 6.34. The first kappa shape index (κ1) is 37.2. The molecule has 302 valence electrons. The smallest absolute Gasteiger partial charge is 0.0623 e. The molecule has 2 heterocycles. The van der Waals surface area contributed by atoms with E-state index in [4.69, 9.17) is 0 Å². The van der Waals surface area contributed by atoms with Gasteiger partial charge in [0.05, 0.1) is 10.8 Å². The number of benzene rings is 8. The van der Waals surface area contributed by atoms with Crippen molar-refractivity contribution in [2.75, 3.05) is 0 Å². The van der Waals surface area contributed by atoms with Gasteiger partial charge in [-0.2, -0.15) is 0 Å². The van der Waals surface area contributed by atoms with Gasteiger partial charge in [0.1, 0.15) is 16.1 Å². The number of fused-ring (bicyclic) bond motifs is 11. The molecule has 8 aromatic carbocycles. The molecule has 0 unspecified atom stereocenters. The first-order chi connectivity index (χ1) is 30.5. The van der Waals surface area contributed by atoms with Crippen molar-refractivity contribution in [2.24, 2.45) is 0 Å². The van der Waals surface area contributed by atoms with Crippen LogP contribution in [0, 0.1) is 0 Å². The molecule has 0 N–H and O–H groups in total. The van der Waals surface area contributed by atoms with Gasteiger partial charge in [-0.1, -0.05) is 222 Å². The molecule has 2 heteroatoms. The maximum Gasteiger partial charge on any atom is 0.114 e. The van der Waals surface area contributed by atoms with Crippen LogP contribution in [-0.2, 0) is 16.2 Å². The summed E-state index contributed by atoms with van der Waals surface area (Å²) in [6.07, 6.45) is 0. The predicted molar refractivity (Wildman–Crippen MR) is 270 cm³/mol. The average Bonchev–Trinajstić information content (AvgIpc) is 4.01. The van der Waals surface area contributed by atoms with Gasteiger partial charge in [0, 0.05) is 5.41 Å². The van der Waals surface area contributed by atoms with E-state index in [1.807, 2.05) is 0 Å². The Kier molecular flexibility index (Phi) is 7.35. The van der Waals surface area contributed by atoms with Gasteiger partial charge in [0.2, 0.25) is 0 Å². The molecule has 0 saturated carbocycles. The van der Waals surface area contributed by atoms with Crippen molar-refractivity contribution in [1.82, 2.24) is 0 Å². The molecule has 0 fully saturated rings. The number of hydrogen-bond donors (Lipinski definition) is 0. The molecule has 0 nitrogen and oxygen atoms in total. The van der Waals surface area contributed by atoms with E-state index in [0.717, 1.165) is 0 Å². The quantitative estimate of drug-likeness (QED) is 0.155. The second kappa shape index (κ2) is 12.4. The Morgan fingerprint density at radius 2 is 0.587 bits per heavy atom. The summed E-state index contributed by atoms with van der Waals surface area (Å²) in [6, 6.07) is 75.4. The van der Waals surface area contributed by atoms with E-state index in [1.54, 1.807) is 20.8 Å². The first-order valence-corrected chi connectivity index (χ1v) is 28.9. The Labute approximate surface area is 374 Å². The minimum Gasteiger partial charge on any atom is -0.0623 e. The molecule has 5 aliphatic rings. The van der Waals surface area contributed by atoms with Gasteiger partial charge in [0.15, 0.2) is 0 Å². The zero-order valence-corrected chi connectivity index (χ0v) is 39.0. The molecule has 0 aromatic heterocycles. The van der Waals surface area contributed by atoms with Gasteiger partial charge >= 0.3 is 0 Å². The molecule has 0 amide bonds. The lowest BCUT2D eigenvalue weighted by atomic mass is 9.64. The van der Waals surface area contributed by atoms with Gasteiger partial charge < -0.3 is 0 Å². The van der Waals surface area contributed by atoms with Gasteiger partial charge in [-0.3, -0.25) is 0 Å². The Morgan fingerprint density at radius 1 is 0.302 bits per heavy atom. The van der Waals surface area contributed by atoms with Gasteiger partial charge in [0.25, 0.3) is 0 Å². The fourth-order valence-electron chi connectivity index (χ4n) is 13.8. The molecule has 13 rings (SSSR count). The van der Waals surface area contributed by atoms with E-state index in [0.29, 0.717) is 0 Å². The van der Waals surface area contributed by atoms with E-state index in [9.17, 15) is 0 Å². The fraction of sp³-hybridized carbons (Fsp3) is 0.148. The molecule has 0 spiro atoms. The van der Waals surface area contributed by atoms with Gasteiger partial charge in [-0.25, -0.2) is 0 Å². The van der Waals surface area contributed by atoms with E-state index in [2.05, 4.69) is 234 Å². The monoisotopic (exact) mass is 838 g/mol. The Morgan fingerprint density at radius 3 is 0.921 bits per heavy atom. The highest BCUT2D eigenvalue weighted by atomic mass is 28.3. The molecule has 0 atom stereocenters. The summed E-state index contributed by atoms with van der Waals surface area (Å²) in [4.78, 5) is 0. The van der Waals surface area contributed by atoms with Crippen molar-refractivity contribution in [1.29, 1.82) is 0 Å². The summed E-state index contributed by atoms with van der Waals surface area (Å²) in [7, 11) is -4.30. The standard InChI is InChI=1S/C61H50Si2/c1-59(2)49-37-47-51(60(39-23-11-7-12-24-39,40-25-13-8-14-26-40)55-43-31-19-21-33-53(43)62(3,4)57(47)55)35-45(49)46-36-52-48(38-50(46)59)58-56(44-32-20-22-34-54(44)63(58,5)6)61(52,41-27-15-9-16-28-41)42-29-17-10-18-30-42/h7-38H,1-6H3. The van der Waals surface area contributed by atoms with Crippen LogP contribution in [0.15, 0.2) is 194 Å². The maximum atomic E-state index is 2.69. The number of rotatable bonds is 4. The molecule has 0 radical (unpaired) electrons. The third-order valence-electron chi connectivity index (χ3n) is 16.4. The first-order valence-electron chi connectivity index (χ1n) is 22.9. The van der Waals surface area contributed by atoms with Gasteiger partial charge in [-0.05, 0) is 122 Å². The zero-order valence-electron chi connectivity index (χ0n) is 37.0. The van der Waals surface area contributed by atoms with Crippen LogP contribution in [0.25, 0.3) is 32.7 Å². The third kappa shape index (κ3) is 4.37. The second-order valence-electron chi connectivity index (χ2n) is 20.3. The third-order valence-corrected chi connectivity index (χ3v) is 23.5. The average molecular weight is 839 g/mol. The topological polar surface area (TPSA) is 0 Å². The van der Waals surface area contributed by atoms with Crippen LogP contribution < -0.4 is 10.4 Å². The molecule has 0 saturated heterocycles. The lowest BCUT2D eigenvalue weighted by molar-refractivity contribution is 0.658. The maximum absolute atomic E-state index is 2.69. The predicted octanol–water partition coefficient (Wildman–Crippen LogP) is 13.4. The van der Waals surface area contributed by atoms with E-state index < -0.39 is 27.0 Å². The summed E-state index contributed by atoms with van der Waals surface area (Å²) in [5.41, 5.74) is 21.6. The SMILES string of the molecule is CC1(C)c2cc3c(cc2-c2cc4c(cc21)C1=C(c2ccccc2[Si]1(C)C)C4(c1ccccc1)c1ccccc1)C(c1ccccc1)(c1ccccc1)C1=C3[Si](C)(C)c2ccccc21. The summed E-state index contributed by atoms with van der Waals surface area (Å²) < 4.78 is 0. The Balaban J connectivity index is 1.15. The lowest BCUT2D eigenvalue weighted by Crippen LogP contribution is -2.41. The molecule has 2 aliphatic heterocycles. The van der Waals surface area contributed by atoms with Crippen molar-refractivity contribution in [2.45, 2.75) is 56.3 Å². The van der Waals surface area contributed by atoms with Gasteiger partial charge in [-0.15, -0.1) is 0 Å². The zero-order chi connectivity index (χ0) is 42.7. The molecule has 0 bridgehead atoms. The van der Waals surface area contributed by atoms with Crippen LogP contribution in [0.5, 0.6) is 0 Å². The van der Waals surface area contributed by atoms with Crippen LogP contribution in [0.4, 0.5) is 0 Å². The normalized spacial score (nSPS) is 18.8. The number of allylic oxidation sites excluding steroid dienone is 2. The highest BCUT2D eigenvalue weighted by molar-refractivity contribution is 7.08. The summed E-state index contributed by atoms with van der Waals surface area (Å²) in [6.45, 7) is 15.4. The van der Waals surface area contributed by atoms with Crippen LogP contribution in [0.3, 0.4) is 0 Å². The summed E-state index contributed by atoms with van der Waals surface area (Å²) in [5.74, 6) is 0.